The molecule has 2 heterocycles. The third-order valence-corrected chi connectivity index (χ3v) is 8.67. The fourth-order valence-electron chi connectivity index (χ4n) is 4.65. The molecule has 4 atom stereocenters. The summed E-state index contributed by atoms with van der Waals surface area (Å²) in [5.41, 5.74) is 0.854. The summed E-state index contributed by atoms with van der Waals surface area (Å²) in [4.78, 5) is 27.0. The van der Waals surface area contributed by atoms with Gasteiger partial charge in [-0.25, -0.2) is 0 Å². The lowest BCUT2D eigenvalue weighted by Gasteiger charge is -2.35. The number of imide groups is 1. The maximum absolute atomic E-state index is 13.4. The summed E-state index contributed by atoms with van der Waals surface area (Å²) in [6.07, 6.45) is 0. The quantitative estimate of drug-likeness (QED) is 0.625. The predicted molar refractivity (Wildman–Crippen MR) is 105 cm³/mol. The van der Waals surface area contributed by atoms with Gasteiger partial charge in [-0.05, 0) is 29.3 Å². The highest BCUT2D eigenvalue weighted by Crippen LogP contribution is 2.67. The molecular formula is C20H23N2O5P. The first kappa shape index (κ1) is 19.3. The zero-order valence-corrected chi connectivity index (χ0v) is 17.1. The van der Waals surface area contributed by atoms with Crippen LogP contribution in [0, 0.1) is 11.8 Å². The number of amides is 2. The van der Waals surface area contributed by atoms with Crippen LogP contribution in [0.25, 0.3) is 10.8 Å². The largest absolute Gasteiger partial charge is 0.350 e. The summed E-state index contributed by atoms with van der Waals surface area (Å²) in [6, 6.07) is 13.3. The summed E-state index contributed by atoms with van der Waals surface area (Å²) in [5.74, 6) is -2.18. The van der Waals surface area contributed by atoms with Crippen LogP contribution in [0.2, 0.25) is 0 Å². The fraction of sp³-hybridized carbons (Fsp3) is 0.400. The Hall–Kier alpha value is -2.05. The number of nitrogens with one attached hydrogen (secondary N) is 1. The Morgan fingerprint density at radius 2 is 1.68 bits per heavy atom. The molecule has 0 radical (unpaired) electrons. The van der Waals surface area contributed by atoms with Gasteiger partial charge in [-0.15, -0.1) is 0 Å². The van der Waals surface area contributed by atoms with E-state index in [1.165, 1.54) is 21.3 Å². The number of carbonyl (C=O) groups is 2. The standard InChI is InChI=1S/C20H23N2O5P/c1-20(28(25,26-3)27-4)16-15(18(23)22(2)19(16)24)17(21-20)14-10-9-12-7-5-6-8-13(12)11-14/h5-11,15-17,21H,1-4H3/t15-,16-,17-,20+/m1/s1. The number of carbonyl (C=O) groups excluding carboxylic acids is 2. The van der Waals surface area contributed by atoms with E-state index in [2.05, 4.69) is 5.32 Å². The average Bonchev–Trinajstić information content (AvgIpc) is 3.16. The summed E-state index contributed by atoms with van der Waals surface area (Å²) in [6.45, 7) is 1.64. The van der Waals surface area contributed by atoms with Crippen molar-refractivity contribution < 1.29 is 23.2 Å². The molecule has 2 aliphatic rings. The van der Waals surface area contributed by atoms with Crippen molar-refractivity contribution in [3.05, 3.63) is 48.0 Å². The van der Waals surface area contributed by atoms with Crippen molar-refractivity contribution in [2.45, 2.75) is 18.2 Å². The smallest absolute Gasteiger partial charge is 0.311 e. The Morgan fingerprint density at radius 3 is 2.32 bits per heavy atom. The highest BCUT2D eigenvalue weighted by Gasteiger charge is 2.69. The summed E-state index contributed by atoms with van der Waals surface area (Å²) >= 11 is 0. The lowest BCUT2D eigenvalue weighted by atomic mass is 9.86. The van der Waals surface area contributed by atoms with Gasteiger partial charge < -0.3 is 9.05 Å². The molecule has 2 aromatic carbocycles. The van der Waals surface area contributed by atoms with Crippen LogP contribution in [0.5, 0.6) is 0 Å². The first-order chi connectivity index (χ1) is 13.3. The van der Waals surface area contributed by atoms with Crippen LogP contribution >= 0.6 is 7.60 Å². The van der Waals surface area contributed by atoms with E-state index in [0.717, 1.165) is 21.2 Å². The lowest BCUT2D eigenvalue weighted by Crippen LogP contribution is -2.47. The molecule has 0 spiro atoms. The van der Waals surface area contributed by atoms with Crippen molar-refractivity contribution in [3.8, 4) is 0 Å². The molecular weight excluding hydrogens is 379 g/mol. The fourth-order valence-corrected chi connectivity index (χ4v) is 6.47. The SMILES string of the molecule is COP(=O)(OC)[C@]1(C)N[C@H](c2ccc3ccccc3c2)[C@@H]2C(=O)N(C)C(=O)[C@@H]21. The van der Waals surface area contributed by atoms with E-state index in [1.807, 2.05) is 42.5 Å². The molecule has 8 heteroatoms. The van der Waals surface area contributed by atoms with E-state index >= 15 is 0 Å². The predicted octanol–water partition coefficient (Wildman–Crippen LogP) is 2.92. The van der Waals surface area contributed by atoms with Gasteiger partial charge in [-0.1, -0.05) is 36.4 Å². The van der Waals surface area contributed by atoms with Gasteiger partial charge in [0.15, 0.2) is 0 Å². The maximum atomic E-state index is 13.4. The number of hydrogen-bond donors (Lipinski definition) is 1. The third-order valence-electron chi connectivity index (χ3n) is 6.17. The van der Waals surface area contributed by atoms with E-state index in [-0.39, 0.29) is 11.8 Å². The summed E-state index contributed by atoms with van der Waals surface area (Å²) < 4.78 is 23.9. The van der Waals surface area contributed by atoms with Crippen molar-refractivity contribution in [1.29, 1.82) is 0 Å². The van der Waals surface area contributed by atoms with Crippen LogP contribution in [0.15, 0.2) is 42.5 Å². The van der Waals surface area contributed by atoms with Crippen molar-refractivity contribution in [1.82, 2.24) is 10.2 Å². The molecule has 4 rings (SSSR count). The molecule has 148 valence electrons. The lowest BCUT2D eigenvalue weighted by molar-refractivity contribution is -0.139. The number of benzene rings is 2. The van der Waals surface area contributed by atoms with Crippen molar-refractivity contribution in [3.63, 3.8) is 0 Å². The van der Waals surface area contributed by atoms with E-state index in [0.29, 0.717) is 0 Å². The van der Waals surface area contributed by atoms with Crippen molar-refractivity contribution in [2.24, 2.45) is 11.8 Å². The van der Waals surface area contributed by atoms with Gasteiger partial charge in [0.05, 0.1) is 11.8 Å². The second kappa shape index (κ2) is 6.49. The summed E-state index contributed by atoms with van der Waals surface area (Å²) in [5, 5.41) is 4.07. The number of likely N-dealkylation sites (tertiary alicyclic amines) is 1. The van der Waals surface area contributed by atoms with Gasteiger partial charge in [0, 0.05) is 27.3 Å². The molecule has 1 N–H and O–H groups in total. The zero-order valence-electron chi connectivity index (χ0n) is 16.2. The van der Waals surface area contributed by atoms with Gasteiger partial charge in [0.25, 0.3) is 0 Å². The minimum Gasteiger partial charge on any atom is -0.311 e. The molecule has 2 aromatic rings. The van der Waals surface area contributed by atoms with Crippen molar-refractivity contribution in [2.75, 3.05) is 21.3 Å². The zero-order chi connectivity index (χ0) is 20.3. The molecule has 0 saturated carbocycles. The Balaban J connectivity index is 1.87. The van der Waals surface area contributed by atoms with Crippen LogP contribution < -0.4 is 5.32 Å². The van der Waals surface area contributed by atoms with Crippen LogP contribution in [0.3, 0.4) is 0 Å². The average molecular weight is 402 g/mol. The Labute approximate surface area is 163 Å². The van der Waals surface area contributed by atoms with Crippen LogP contribution in [0.1, 0.15) is 18.5 Å². The van der Waals surface area contributed by atoms with Gasteiger partial charge in [-0.3, -0.25) is 24.4 Å². The van der Waals surface area contributed by atoms with E-state index in [1.54, 1.807) is 6.92 Å². The molecule has 28 heavy (non-hydrogen) atoms. The van der Waals surface area contributed by atoms with Gasteiger partial charge in [0.2, 0.25) is 11.8 Å². The molecule has 2 amide bonds. The second-order valence-electron chi connectivity index (χ2n) is 7.48. The van der Waals surface area contributed by atoms with Crippen LogP contribution in [-0.2, 0) is 23.2 Å². The minimum atomic E-state index is -3.72. The molecule has 7 nitrogen and oxygen atoms in total. The first-order valence-electron chi connectivity index (χ1n) is 9.07. The minimum absolute atomic E-state index is 0.289. The maximum Gasteiger partial charge on any atom is 0.350 e. The first-order valence-corrected chi connectivity index (χ1v) is 10.6. The number of nitrogens with zero attached hydrogens (tertiary/aromatic N) is 1. The van der Waals surface area contributed by atoms with Gasteiger partial charge in [0.1, 0.15) is 5.28 Å². The Morgan fingerprint density at radius 1 is 1.04 bits per heavy atom. The molecule has 0 bridgehead atoms. The number of fused-ring (bicyclic) bond motifs is 2. The third kappa shape index (κ3) is 2.44. The molecule has 0 unspecified atom stereocenters. The molecule has 0 aliphatic carbocycles. The molecule has 2 saturated heterocycles. The van der Waals surface area contributed by atoms with E-state index in [9.17, 15) is 14.2 Å². The molecule has 2 fully saturated rings. The van der Waals surface area contributed by atoms with Gasteiger partial charge >= 0.3 is 7.60 Å². The van der Waals surface area contributed by atoms with E-state index < -0.39 is 30.8 Å². The highest BCUT2D eigenvalue weighted by molar-refractivity contribution is 7.55. The number of hydrogen-bond acceptors (Lipinski definition) is 6. The number of rotatable bonds is 4. The Bertz CT molecular complexity index is 1020. The topological polar surface area (TPSA) is 84.9 Å². The van der Waals surface area contributed by atoms with Crippen LogP contribution in [-0.4, -0.2) is 43.3 Å². The highest BCUT2D eigenvalue weighted by atomic mass is 31.2. The van der Waals surface area contributed by atoms with Crippen molar-refractivity contribution >= 4 is 30.2 Å². The monoisotopic (exact) mass is 402 g/mol. The second-order valence-corrected chi connectivity index (χ2v) is 10.1. The summed E-state index contributed by atoms with van der Waals surface area (Å²) in [7, 11) is 0.330. The van der Waals surface area contributed by atoms with E-state index in [4.69, 9.17) is 9.05 Å². The Kier molecular flexibility index (Phi) is 4.47. The normalized spacial score (nSPS) is 30.3. The van der Waals surface area contributed by atoms with Gasteiger partial charge in [-0.2, -0.15) is 0 Å². The molecule has 0 aromatic heterocycles. The van der Waals surface area contributed by atoms with Crippen LogP contribution in [0.4, 0.5) is 0 Å². The molecule has 2 aliphatic heterocycles.